The summed E-state index contributed by atoms with van der Waals surface area (Å²) in [6.45, 7) is 21.6. The van der Waals surface area contributed by atoms with Gasteiger partial charge in [0.15, 0.2) is 0 Å². The van der Waals surface area contributed by atoms with E-state index in [9.17, 15) is 0 Å². The van der Waals surface area contributed by atoms with E-state index in [2.05, 4.69) is 104 Å². The molecule has 0 fully saturated rings. The summed E-state index contributed by atoms with van der Waals surface area (Å²) in [5, 5.41) is 0. The van der Waals surface area contributed by atoms with Gasteiger partial charge < -0.3 is 0 Å². The Morgan fingerprint density at radius 2 is 1.32 bits per heavy atom. The number of benzene rings is 2. The maximum atomic E-state index is 2.72. The molecule has 31 heavy (non-hydrogen) atoms. The fourth-order valence-corrected chi connectivity index (χ4v) is 26.2. The van der Waals surface area contributed by atoms with E-state index in [-0.39, 0.29) is 5.43 Å². The summed E-state index contributed by atoms with van der Waals surface area (Å²) in [7, 11) is 0. The Morgan fingerprint density at radius 3 is 1.94 bits per heavy atom. The topological polar surface area (TPSA) is 0 Å². The average molecular weight is 504 g/mol. The van der Waals surface area contributed by atoms with E-state index in [4.69, 9.17) is 0 Å². The summed E-state index contributed by atoms with van der Waals surface area (Å²) >= 11 is -1.88. The van der Waals surface area contributed by atoms with Crippen LogP contribution in [0.5, 0.6) is 0 Å². The predicted molar refractivity (Wildman–Crippen MR) is 135 cm³/mol. The number of hydrogen-bond acceptors (Lipinski definition) is 0. The molecule has 2 aliphatic carbocycles. The molecular weight excluding hydrogens is 468 g/mol. The van der Waals surface area contributed by atoms with Crippen molar-refractivity contribution < 1.29 is 20.4 Å². The Hall–Kier alpha value is -1.24. The first-order chi connectivity index (χ1) is 14.6. The van der Waals surface area contributed by atoms with Crippen LogP contribution in [0.3, 0.4) is 0 Å². The number of fused-ring (bicyclic) bond motifs is 1. The van der Waals surface area contributed by atoms with Crippen molar-refractivity contribution in [2.45, 2.75) is 68.8 Å². The zero-order valence-electron chi connectivity index (χ0n) is 20.7. The monoisotopic (exact) mass is 502 g/mol. The van der Waals surface area contributed by atoms with Gasteiger partial charge >= 0.3 is 198 Å². The van der Waals surface area contributed by atoms with Gasteiger partial charge in [0.05, 0.1) is 0 Å². The number of aryl methyl sites for hydroxylation is 1. The van der Waals surface area contributed by atoms with Crippen LogP contribution in [-0.4, -0.2) is 5.43 Å². The molecule has 0 bridgehead atoms. The Morgan fingerprint density at radius 1 is 0.710 bits per heavy atom. The molecule has 2 aromatic rings. The minimum absolute atomic E-state index is 0.337. The van der Waals surface area contributed by atoms with Crippen LogP contribution in [0.15, 0.2) is 64.8 Å². The summed E-state index contributed by atoms with van der Waals surface area (Å²) in [5.74, 6) is 0. The molecule has 0 N–H and O–H groups in total. The van der Waals surface area contributed by atoms with Crippen LogP contribution >= 0.6 is 0 Å². The van der Waals surface area contributed by atoms with Gasteiger partial charge in [-0.3, -0.25) is 0 Å². The molecule has 0 aliphatic heterocycles. The zero-order valence-corrected chi connectivity index (χ0v) is 24.2. The van der Waals surface area contributed by atoms with E-state index in [0.29, 0.717) is 3.63 Å². The molecule has 0 radical (unpaired) electrons. The quantitative estimate of drug-likeness (QED) is 0.369. The SMILES string of the molecule is CC1=C(C)[CH]([Zr]([CH]2C=C(c3ccc(C)c(C)c3C)c3ccccc32)=[Si](C)C)C(C)=C1C. The Kier molecular flexibility index (Phi) is 6.36. The van der Waals surface area contributed by atoms with Gasteiger partial charge in [-0.05, 0) is 0 Å². The van der Waals surface area contributed by atoms with Crippen molar-refractivity contribution in [3.05, 3.63) is 98.1 Å². The number of allylic oxidation sites excluding steroid dienone is 5. The second kappa shape index (κ2) is 8.60. The van der Waals surface area contributed by atoms with Crippen molar-refractivity contribution in [1.82, 2.24) is 0 Å². The Balaban J connectivity index is 1.93. The van der Waals surface area contributed by atoms with Gasteiger partial charge in [0.2, 0.25) is 0 Å². The third-order valence-electron chi connectivity index (χ3n) is 8.10. The molecule has 0 spiro atoms. The molecule has 4 rings (SSSR count). The molecular formula is C29H36SiZr. The molecule has 1 unspecified atom stereocenters. The van der Waals surface area contributed by atoms with Gasteiger partial charge in [0.25, 0.3) is 0 Å². The van der Waals surface area contributed by atoms with Gasteiger partial charge in [-0.1, -0.05) is 0 Å². The maximum absolute atomic E-state index is 2.72. The van der Waals surface area contributed by atoms with E-state index in [1.807, 2.05) is 0 Å². The molecule has 0 saturated carbocycles. The fourth-order valence-electron chi connectivity index (χ4n) is 5.69. The van der Waals surface area contributed by atoms with Gasteiger partial charge in [-0.25, -0.2) is 0 Å². The minimum atomic E-state index is -1.88. The van der Waals surface area contributed by atoms with Crippen LogP contribution in [0.1, 0.15) is 64.7 Å². The molecule has 0 heterocycles. The Bertz CT molecular complexity index is 1190. The van der Waals surface area contributed by atoms with Crippen LogP contribution in [0.2, 0.25) is 16.7 Å². The number of hydrogen-bond donors (Lipinski definition) is 0. The van der Waals surface area contributed by atoms with E-state index in [1.54, 1.807) is 27.9 Å². The predicted octanol–water partition coefficient (Wildman–Crippen LogP) is 8.44. The molecule has 1 atom stereocenters. The number of rotatable bonds is 3. The summed E-state index contributed by atoms with van der Waals surface area (Å²) < 4.78 is 1.47. The third kappa shape index (κ3) is 3.68. The molecule has 0 saturated heterocycles. The fraction of sp³-hybridized carbons (Fsp3) is 0.379. The van der Waals surface area contributed by atoms with Crippen LogP contribution in [0.4, 0.5) is 0 Å². The molecule has 2 aromatic carbocycles. The van der Waals surface area contributed by atoms with Gasteiger partial charge in [0, 0.05) is 0 Å². The van der Waals surface area contributed by atoms with Crippen molar-refractivity contribution in [2.24, 2.45) is 0 Å². The molecule has 0 nitrogen and oxygen atoms in total. The molecule has 2 heteroatoms. The van der Waals surface area contributed by atoms with Crippen LogP contribution in [0, 0.1) is 20.8 Å². The van der Waals surface area contributed by atoms with E-state index in [1.165, 1.54) is 33.4 Å². The van der Waals surface area contributed by atoms with Crippen LogP contribution < -0.4 is 0 Å². The van der Waals surface area contributed by atoms with Crippen molar-refractivity contribution in [3.8, 4) is 0 Å². The summed E-state index contributed by atoms with van der Waals surface area (Å²) in [6.07, 6.45) is 2.72. The van der Waals surface area contributed by atoms with Crippen molar-refractivity contribution >= 4 is 11.0 Å². The molecule has 2 aliphatic rings. The van der Waals surface area contributed by atoms with Gasteiger partial charge in [-0.15, -0.1) is 0 Å². The Labute approximate surface area is 197 Å². The van der Waals surface area contributed by atoms with Crippen LogP contribution in [0.25, 0.3) is 5.57 Å². The molecule has 0 amide bonds. The summed E-state index contributed by atoms with van der Waals surface area (Å²) in [4.78, 5) is 0. The first kappa shape index (κ1) is 22.9. The van der Waals surface area contributed by atoms with E-state index < -0.39 is 20.4 Å². The molecule has 160 valence electrons. The first-order valence-corrected chi connectivity index (χ1v) is 20.6. The van der Waals surface area contributed by atoms with E-state index >= 15 is 0 Å². The van der Waals surface area contributed by atoms with Crippen molar-refractivity contribution in [3.63, 3.8) is 0 Å². The van der Waals surface area contributed by atoms with Crippen molar-refractivity contribution in [2.75, 3.05) is 0 Å². The average Bonchev–Trinajstić information content (AvgIpc) is 3.20. The zero-order chi connectivity index (χ0) is 22.6. The standard InChI is InChI=1S/C18H17.C9H13.C2H6Si.Zr/c1-12-8-10-16(14(3)13(12)2)18-11-9-15-6-4-5-7-17(15)18;1-6-5-7(2)9(4)8(6)3;1-3-2;/h4-11H,1-3H3;5H,1-4H3;1-2H3;. The van der Waals surface area contributed by atoms with Gasteiger partial charge in [-0.2, -0.15) is 0 Å². The van der Waals surface area contributed by atoms with E-state index in [0.717, 1.165) is 3.63 Å². The first-order valence-electron chi connectivity index (χ1n) is 11.6. The second-order valence-corrected chi connectivity index (χ2v) is 27.8. The van der Waals surface area contributed by atoms with Gasteiger partial charge in [0.1, 0.15) is 0 Å². The molecule has 0 aromatic heterocycles. The second-order valence-electron chi connectivity index (χ2n) is 9.83. The summed E-state index contributed by atoms with van der Waals surface area (Å²) in [5.41, 5.74) is 16.5. The third-order valence-corrected chi connectivity index (χ3v) is 27.8. The normalized spacial score (nSPS) is 18.6. The summed E-state index contributed by atoms with van der Waals surface area (Å²) in [6, 6.07) is 14.0. The van der Waals surface area contributed by atoms with Crippen molar-refractivity contribution in [1.29, 1.82) is 0 Å². The van der Waals surface area contributed by atoms with Crippen LogP contribution in [-0.2, 0) is 20.4 Å².